The summed E-state index contributed by atoms with van der Waals surface area (Å²) in [6.07, 6.45) is 2.90. The lowest BCUT2D eigenvalue weighted by atomic mass is 10.1. The summed E-state index contributed by atoms with van der Waals surface area (Å²) in [5.74, 6) is 1.83. The highest BCUT2D eigenvalue weighted by atomic mass is 16.5. The fourth-order valence-corrected chi connectivity index (χ4v) is 2.62. The van der Waals surface area contributed by atoms with Gasteiger partial charge in [-0.2, -0.15) is 0 Å². The van der Waals surface area contributed by atoms with E-state index in [1.54, 1.807) is 7.11 Å². The number of nitrogens with zero attached hydrogens (tertiary/aromatic N) is 3. The molecule has 5 heteroatoms. The maximum atomic E-state index is 5.89. The third kappa shape index (κ3) is 3.35. The maximum absolute atomic E-state index is 5.89. The van der Waals surface area contributed by atoms with E-state index in [1.807, 2.05) is 40.9 Å². The fourth-order valence-electron chi connectivity index (χ4n) is 2.62. The summed E-state index contributed by atoms with van der Waals surface area (Å²) >= 11 is 0. The standard InChI is InChI=1S/C18H21N3O2/c1-3-15(13-23-12-14-8-5-4-6-9-14)17-19-20-18-16(22-2)10-7-11-21(17)18/h4-11,15H,3,12-13H2,1-2H3/t15-/m1/s1. The lowest BCUT2D eigenvalue weighted by Crippen LogP contribution is -2.11. The van der Waals surface area contributed by atoms with Gasteiger partial charge in [-0.3, -0.25) is 4.40 Å². The summed E-state index contributed by atoms with van der Waals surface area (Å²) < 4.78 is 13.2. The van der Waals surface area contributed by atoms with E-state index in [1.165, 1.54) is 5.56 Å². The molecule has 0 aliphatic rings. The molecule has 0 radical (unpaired) electrons. The van der Waals surface area contributed by atoms with Crippen molar-refractivity contribution < 1.29 is 9.47 Å². The molecule has 5 nitrogen and oxygen atoms in total. The normalized spacial score (nSPS) is 12.4. The summed E-state index contributed by atoms with van der Waals surface area (Å²) in [5.41, 5.74) is 1.92. The molecule has 0 bridgehead atoms. The van der Waals surface area contributed by atoms with E-state index in [0.29, 0.717) is 13.2 Å². The SMILES string of the molecule is CC[C@H](COCc1ccccc1)c1nnc2c(OC)cccn12. The highest BCUT2D eigenvalue weighted by Gasteiger charge is 2.18. The van der Waals surface area contributed by atoms with Crippen LogP contribution in [-0.2, 0) is 11.3 Å². The van der Waals surface area contributed by atoms with Crippen LogP contribution in [0.1, 0.15) is 30.7 Å². The minimum Gasteiger partial charge on any atom is -0.493 e. The van der Waals surface area contributed by atoms with Gasteiger partial charge in [0.2, 0.25) is 5.65 Å². The molecule has 1 aromatic carbocycles. The molecule has 2 aromatic heterocycles. The third-order valence-electron chi connectivity index (χ3n) is 3.93. The molecule has 0 aliphatic heterocycles. The quantitative estimate of drug-likeness (QED) is 0.670. The molecule has 0 N–H and O–H groups in total. The van der Waals surface area contributed by atoms with Crippen molar-refractivity contribution in [1.29, 1.82) is 0 Å². The smallest absolute Gasteiger partial charge is 0.203 e. The van der Waals surface area contributed by atoms with Crippen LogP contribution in [0.15, 0.2) is 48.7 Å². The van der Waals surface area contributed by atoms with Crippen LogP contribution in [0.3, 0.4) is 0 Å². The Kier molecular flexibility index (Phi) is 4.88. The lowest BCUT2D eigenvalue weighted by Gasteiger charge is -2.14. The number of hydrogen-bond donors (Lipinski definition) is 0. The highest BCUT2D eigenvalue weighted by Crippen LogP contribution is 2.23. The topological polar surface area (TPSA) is 48.7 Å². The molecule has 3 rings (SSSR count). The lowest BCUT2D eigenvalue weighted by molar-refractivity contribution is 0.103. The van der Waals surface area contributed by atoms with Crippen molar-refractivity contribution >= 4 is 5.65 Å². The first kappa shape index (κ1) is 15.5. The van der Waals surface area contributed by atoms with Gasteiger partial charge in [-0.15, -0.1) is 10.2 Å². The number of pyridine rings is 1. The van der Waals surface area contributed by atoms with Crippen LogP contribution in [0.4, 0.5) is 0 Å². The van der Waals surface area contributed by atoms with Crippen LogP contribution in [0.2, 0.25) is 0 Å². The maximum Gasteiger partial charge on any atom is 0.203 e. The van der Waals surface area contributed by atoms with Crippen LogP contribution in [0, 0.1) is 0 Å². The van der Waals surface area contributed by atoms with Crippen LogP contribution in [0.5, 0.6) is 5.75 Å². The second kappa shape index (κ2) is 7.24. The summed E-state index contributed by atoms with van der Waals surface area (Å²) in [6, 6.07) is 14.0. The number of aromatic nitrogens is 3. The molecular formula is C18H21N3O2. The van der Waals surface area contributed by atoms with Crippen molar-refractivity contribution in [1.82, 2.24) is 14.6 Å². The molecule has 0 unspecified atom stereocenters. The molecule has 23 heavy (non-hydrogen) atoms. The first-order valence-corrected chi connectivity index (χ1v) is 7.82. The number of methoxy groups -OCH3 is 1. The molecule has 3 aromatic rings. The Morgan fingerprint density at radius 3 is 2.65 bits per heavy atom. The van der Waals surface area contributed by atoms with Crippen LogP contribution >= 0.6 is 0 Å². The van der Waals surface area contributed by atoms with E-state index in [9.17, 15) is 0 Å². The second-order valence-corrected chi connectivity index (χ2v) is 5.43. The molecule has 0 amide bonds. The van der Waals surface area contributed by atoms with E-state index < -0.39 is 0 Å². The van der Waals surface area contributed by atoms with Gasteiger partial charge in [-0.05, 0) is 24.1 Å². The Hall–Kier alpha value is -2.40. The minimum absolute atomic E-state index is 0.195. The molecule has 0 aliphatic carbocycles. The van der Waals surface area contributed by atoms with Crippen LogP contribution in [-0.4, -0.2) is 28.3 Å². The van der Waals surface area contributed by atoms with Crippen molar-refractivity contribution in [2.75, 3.05) is 13.7 Å². The first-order chi connectivity index (χ1) is 11.3. The first-order valence-electron chi connectivity index (χ1n) is 7.82. The summed E-state index contributed by atoms with van der Waals surface area (Å²) in [6.45, 7) is 3.36. The fraction of sp³-hybridized carbons (Fsp3) is 0.333. The monoisotopic (exact) mass is 311 g/mol. The van der Waals surface area contributed by atoms with E-state index in [0.717, 1.165) is 23.6 Å². The van der Waals surface area contributed by atoms with E-state index in [4.69, 9.17) is 9.47 Å². The van der Waals surface area contributed by atoms with E-state index in [2.05, 4.69) is 29.3 Å². The molecular weight excluding hydrogens is 290 g/mol. The Bertz CT molecular complexity index is 755. The number of rotatable bonds is 7. The van der Waals surface area contributed by atoms with Crippen LogP contribution in [0.25, 0.3) is 5.65 Å². The predicted molar refractivity (Wildman–Crippen MR) is 88.7 cm³/mol. The van der Waals surface area contributed by atoms with Gasteiger partial charge in [0.1, 0.15) is 5.82 Å². The Morgan fingerprint density at radius 2 is 1.91 bits per heavy atom. The molecule has 1 atom stereocenters. The Balaban J connectivity index is 1.73. The summed E-state index contributed by atoms with van der Waals surface area (Å²) in [7, 11) is 1.64. The predicted octanol–water partition coefficient (Wildman–Crippen LogP) is 3.45. The van der Waals surface area contributed by atoms with Gasteiger partial charge in [0.15, 0.2) is 5.75 Å². The number of ether oxygens (including phenoxy) is 2. The highest BCUT2D eigenvalue weighted by molar-refractivity contribution is 5.53. The second-order valence-electron chi connectivity index (χ2n) is 5.43. The van der Waals surface area contributed by atoms with Gasteiger partial charge in [-0.1, -0.05) is 37.3 Å². The largest absolute Gasteiger partial charge is 0.493 e. The number of hydrogen-bond acceptors (Lipinski definition) is 4. The Labute approximate surface area is 135 Å². The molecule has 0 saturated carbocycles. The summed E-state index contributed by atoms with van der Waals surface area (Å²) in [4.78, 5) is 0. The van der Waals surface area contributed by atoms with Crippen molar-refractivity contribution in [3.05, 3.63) is 60.0 Å². The zero-order valence-electron chi connectivity index (χ0n) is 13.5. The van der Waals surface area contributed by atoms with Crippen molar-refractivity contribution in [3.8, 4) is 5.75 Å². The minimum atomic E-state index is 0.195. The third-order valence-corrected chi connectivity index (χ3v) is 3.93. The van der Waals surface area contributed by atoms with Crippen molar-refractivity contribution in [2.24, 2.45) is 0 Å². The molecule has 120 valence electrons. The van der Waals surface area contributed by atoms with Crippen molar-refractivity contribution in [2.45, 2.75) is 25.9 Å². The zero-order valence-corrected chi connectivity index (χ0v) is 13.5. The van der Waals surface area contributed by atoms with Gasteiger partial charge in [-0.25, -0.2) is 0 Å². The van der Waals surface area contributed by atoms with Gasteiger partial charge >= 0.3 is 0 Å². The average Bonchev–Trinajstić information content (AvgIpc) is 3.03. The molecule has 0 saturated heterocycles. The van der Waals surface area contributed by atoms with Gasteiger partial charge in [0.25, 0.3) is 0 Å². The van der Waals surface area contributed by atoms with Crippen molar-refractivity contribution in [3.63, 3.8) is 0 Å². The van der Waals surface area contributed by atoms with E-state index in [-0.39, 0.29) is 5.92 Å². The summed E-state index contributed by atoms with van der Waals surface area (Å²) in [5, 5.41) is 8.61. The number of benzene rings is 1. The molecule has 0 fully saturated rings. The zero-order chi connectivity index (χ0) is 16.1. The van der Waals surface area contributed by atoms with Crippen LogP contribution < -0.4 is 4.74 Å². The van der Waals surface area contributed by atoms with Gasteiger partial charge in [0.05, 0.1) is 20.3 Å². The number of fused-ring (bicyclic) bond motifs is 1. The Morgan fingerprint density at radius 1 is 1.09 bits per heavy atom. The van der Waals surface area contributed by atoms with E-state index >= 15 is 0 Å². The van der Waals surface area contributed by atoms with Gasteiger partial charge in [0, 0.05) is 12.1 Å². The van der Waals surface area contributed by atoms with Gasteiger partial charge < -0.3 is 9.47 Å². The molecule has 2 heterocycles. The average molecular weight is 311 g/mol. The molecule has 0 spiro atoms.